The van der Waals surface area contributed by atoms with Crippen LogP contribution in [0.25, 0.3) is 0 Å². The zero-order valence-corrected chi connectivity index (χ0v) is 82.7. The maximum absolute atomic E-state index is 8.98. The second kappa shape index (κ2) is 54.1. The van der Waals surface area contributed by atoms with Crippen molar-refractivity contribution in [3.8, 4) is 0 Å². The number of allylic oxidation sites excluding steroid dienone is 3. The van der Waals surface area contributed by atoms with Crippen LogP contribution in [-0.2, 0) is 62.9 Å². The summed E-state index contributed by atoms with van der Waals surface area (Å²) in [5.74, 6) is 0. The van der Waals surface area contributed by atoms with Gasteiger partial charge in [0, 0.05) is 16.2 Å². The molecule has 4 heteroatoms. The van der Waals surface area contributed by atoms with E-state index in [9.17, 15) is 0 Å². The summed E-state index contributed by atoms with van der Waals surface area (Å²) in [4.78, 5) is 0. The van der Waals surface area contributed by atoms with Gasteiger partial charge in [-0.25, -0.2) is 0 Å². The van der Waals surface area contributed by atoms with Crippen molar-refractivity contribution in [2.24, 2.45) is 0 Å². The second-order valence-electron chi connectivity index (χ2n) is 42.1. The highest BCUT2D eigenvalue weighted by atomic mass is 31.2. The number of benzene rings is 6. The Balaban J connectivity index is 1.65. The van der Waals surface area contributed by atoms with Gasteiger partial charge in [-0.3, -0.25) is 13.6 Å². The molecule has 0 aliphatic carbocycles. The Morgan fingerprint density at radius 1 is 0.190 bits per heavy atom. The molecule has 0 saturated heterocycles. The van der Waals surface area contributed by atoms with E-state index in [1.54, 1.807) is 0 Å². The highest BCUT2D eigenvalue weighted by Gasteiger charge is 2.50. The molecule has 0 aliphatic rings. The molecule has 0 radical (unpaired) electrons. The lowest BCUT2D eigenvalue weighted by molar-refractivity contribution is -0.0253. The molecular weight excluding hydrogens is 1480 g/mol. The quantitative estimate of drug-likeness (QED) is 0.0216. The lowest BCUT2D eigenvalue weighted by Crippen LogP contribution is -2.37. The van der Waals surface area contributed by atoms with Gasteiger partial charge in [-0.15, -0.1) is 19.7 Å². The van der Waals surface area contributed by atoms with Gasteiger partial charge in [-0.05, 0) is 122 Å². The maximum Gasteiger partial charge on any atom is 0.336 e. The van der Waals surface area contributed by atoms with Crippen LogP contribution in [0.3, 0.4) is 0 Å². The van der Waals surface area contributed by atoms with E-state index in [0.29, 0.717) is 0 Å². The van der Waals surface area contributed by atoms with E-state index in [1.165, 1.54) is 284 Å². The molecule has 3 nitrogen and oxygen atoms in total. The van der Waals surface area contributed by atoms with Crippen LogP contribution in [0, 0.1) is 0 Å². The SMILES string of the molecule is C=CC(C)(C)c1ccc(C(CCCCCCCCCCCCCCCCC)(OP(OC(CCCCCCCCCCCCCCCCC)(c2ccc(C(C)(C)C)cc2)c2ccc(C(C)(C)C=C)cc2)OC(CCCCCCCCCCCCCCCCC)(c2ccc(C(C)(C)C)cc2)c2ccc(C(C)(C)C=C)cc2)c2ccc(C(C)(C)C)cc2)cc1. The van der Waals surface area contributed by atoms with Gasteiger partial charge in [0.15, 0.2) is 0 Å². The summed E-state index contributed by atoms with van der Waals surface area (Å²) in [6.45, 7) is 55.0. The summed E-state index contributed by atoms with van der Waals surface area (Å²) in [5.41, 5.74) is 10.1. The molecule has 0 saturated carbocycles. The molecule has 0 aromatic heterocycles. The van der Waals surface area contributed by atoms with Crippen LogP contribution in [-0.4, -0.2) is 0 Å². The van der Waals surface area contributed by atoms with Crippen molar-refractivity contribution in [2.45, 2.75) is 482 Å². The first-order valence-corrected chi connectivity index (χ1v) is 51.5. The summed E-state index contributed by atoms with van der Waals surface area (Å²) in [7, 11) is -2.44. The van der Waals surface area contributed by atoms with E-state index in [4.69, 9.17) is 13.6 Å². The summed E-state index contributed by atoms with van der Waals surface area (Å²) in [6.07, 6.45) is 66.8. The molecule has 0 spiro atoms. The molecule has 121 heavy (non-hydrogen) atoms. The standard InChI is InChI=1S/C117H183O3P/c1-22-28-31-34-37-40-43-46-49-52-55-58-61-64-67-94-115(103-82-70-97(71-83-103)109(7,8)9,106-88-76-100(77-89-106)112(16,17)25-4)118-121(119-116(104-84-72-98(73-85-104)110(10,11)12,107-90-78-101(79-91-107)113(18,19)26-5)95-68-65-62-59-56-53-50-47-44-41-38-35-32-29-23-2)120-117(105-86-74-99(75-87-105)111(13,14)15,108-92-80-102(81-93-108)114(20,21)27-6)96-69-66-63-60-57-54-51-48-45-42-39-36-33-30-24-3/h25-27,70-93H,4-6,22-24,28-69,94-96H2,1-3,7-21H3. The third kappa shape index (κ3) is 34.9. The highest BCUT2D eigenvalue weighted by Crippen LogP contribution is 2.63. The van der Waals surface area contributed by atoms with Gasteiger partial charge in [-0.2, -0.15) is 0 Å². The Kier molecular flexibility index (Phi) is 46.8. The van der Waals surface area contributed by atoms with Gasteiger partial charge in [-0.1, -0.05) is 558 Å². The molecule has 0 fully saturated rings. The fourth-order valence-electron chi connectivity index (χ4n) is 18.1. The first-order chi connectivity index (χ1) is 57.9. The summed E-state index contributed by atoms with van der Waals surface area (Å²) >= 11 is 0. The molecule has 0 N–H and O–H groups in total. The molecule has 3 unspecified atom stereocenters. The molecule has 3 atom stereocenters. The minimum Gasteiger partial charge on any atom is -0.296 e. The smallest absolute Gasteiger partial charge is 0.296 e. The first kappa shape index (κ1) is 105. The molecule has 674 valence electrons. The Bertz CT molecular complexity index is 3330. The fraction of sp³-hybridized carbons (Fsp3) is 0.641. The van der Waals surface area contributed by atoms with Gasteiger partial charge >= 0.3 is 8.60 Å². The Morgan fingerprint density at radius 2 is 0.314 bits per heavy atom. The van der Waals surface area contributed by atoms with Crippen LogP contribution >= 0.6 is 8.60 Å². The molecule has 0 amide bonds. The molecule has 0 heterocycles. The zero-order valence-electron chi connectivity index (χ0n) is 81.8. The topological polar surface area (TPSA) is 27.7 Å². The van der Waals surface area contributed by atoms with Crippen molar-refractivity contribution in [3.05, 3.63) is 250 Å². The van der Waals surface area contributed by atoms with Gasteiger partial charge < -0.3 is 0 Å². The molecule has 0 bridgehead atoms. The van der Waals surface area contributed by atoms with Crippen LogP contribution in [0.5, 0.6) is 0 Å². The van der Waals surface area contributed by atoms with Gasteiger partial charge in [0.1, 0.15) is 16.8 Å². The van der Waals surface area contributed by atoms with Crippen molar-refractivity contribution >= 4 is 8.60 Å². The highest BCUT2D eigenvalue weighted by molar-refractivity contribution is 7.41. The molecule has 6 aromatic carbocycles. The number of hydrogen-bond acceptors (Lipinski definition) is 3. The Hall–Kier alpha value is -5.15. The minimum atomic E-state index is -2.44. The number of unbranched alkanes of at least 4 members (excludes halogenated alkanes) is 42. The molecule has 6 aromatic rings. The summed E-state index contributed by atoms with van der Waals surface area (Å²) in [5, 5.41) is 0. The van der Waals surface area contributed by atoms with Crippen molar-refractivity contribution < 1.29 is 13.6 Å². The van der Waals surface area contributed by atoms with Gasteiger partial charge in [0.25, 0.3) is 0 Å². The van der Waals surface area contributed by atoms with Crippen molar-refractivity contribution in [1.82, 2.24) is 0 Å². The van der Waals surface area contributed by atoms with Crippen LogP contribution in [0.2, 0.25) is 0 Å². The monoisotopic (exact) mass is 1670 g/mol. The summed E-state index contributed by atoms with van der Waals surface area (Å²) < 4.78 is 26.9. The van der Waals surface area contributed by atoms with Gasteiger partial charge in [0.2, 0.25) is 0 Å². The minimum absolute atomic E-state index is 0.0793. The Labute approximate surface area is 749 Å². The van der Waals surface area contributed by atoms with Crippen LogP contribution in [0.1, 0.15) is 500 Å². The lowest BCUT2D eigenvalue weighted by Gasteiger charge is -2.45. The third-order valence-corrected chi connectivity index (χ3v) is 28.9. The summed E-state index contributed by atoms with van der Waals surface area (Å²) in [6, 6.07) is 57.5. The fourth-order valence-corrected chi connectivity index (χ4v) is 19.9. The molecule has 6 rings (SSSR count). The van der Waals surface area contributed by atoms with E-state index >= 15 is 0 Å². The normalized spacial score (nSPS) is 14.3. The largest absolute Gasteiger partial charge is 0.336 e. The maximum atomic E-state index is 8.98. The van der Waals surface area contributed by atoms with E-state index < -0.39 is 25.4 Å². The van der Waals surface area contributed by atoms with E-state index in [2.05, 4.69) is 308 Å². The van der Waals surface area contributed by atoms with Crippen LogP contribution in [0.4, 0.5) is 0 Å². The van der Waals surface area contributed by atoms with E-state index in [-0.39, 0.29) is 32.5 Å². The predicted molar refractivity (Wildman–Crippen MR) is 536 cm³/mol. The van der Waals surface area contributed by atoms with Crippen molar-refractivity contribution in [3.63, 3.8) is 0 Å². The van der Waals surface area contributed by atoms with Crippen LogP contribution < -0.4 is 0 Å². The van der Waals surface area contributed by atoms with E-state index in [0.717, 1.165) is 91.2 Å². The zero-order chi connectivity index (χ0) is 88.2. The van der Waals surface area contributed by atoms with Crippen molar-refractivity contribution in [2.75, 3.05) is 0 Å². The molecular formula is C117H183O3P. The number of rotatable bonds is 66. The average Bonchev–Trinajstić information content (AvgIpc) is 0.747. The average molecular weight is 1670 g/mol. The van der Waals surface area contributed by atoms with Crippen LogP contribution in [0.15, 0.2) is 184 Å². The predicted octanol–water partition coefficient (Wildman–Crippen LogP) is 38.2. The second-order valence-corrected chi connectivity index (χ2v) is 43.1. The number of hydrogen-bond donors (Lipinski definition) is 0. The van der Waals surface area contributed by atoms with E-state index in [1.807, 2.05) is 0 Å². The third-order valence-electron chi connectivity index (χ3n) is 27.6. The van der Waals surface area contributed by atoms with Gasteiger partial charge in [0.05, 0.1) is 0 Å². The lowest BCUT2D eigenvalue weighted by atomic mass is 9.78. The first-order valence-electron chi connectivity index (χ1n) is 50.4. The Morgan fingerprint density at radius 3 is 0.446 bits per heavy atom. The molecule has 0 aliphatic heterocycles. The van der Waals surface area contributed by atoms with Crippen molar-refractivity contribution in [1.29, 1.82) is 0 Å².